The van der Waals surface area contributed by atoms with E-state index in [0.29, 0.717) is 6.08 Å². The monoisotopic (exact) mass is 600 g/mol. The summed E-state index contributed by atoms with van der Waals surface area (Å²) in [5, 5.41) is 26.1. The lowest BCUT2D eigenvalue weighted by molar-refractivity contribution is -0.420. The predicted molar refractivity (Wildman–Crippen MR) is 116 cm³/mol. The van der Waals surface area contributed by atoms with E-state index >= 15 is 0 Å². The van der Waals surface area contributed by atoms with Crippen LogP contribution in [0.1, 0.15) is 21.6 Å². The number of aryl methyl sites for hydroxylation is 1. The highest BCUT2D eigenvalue weighted by Gasteiger charge is 2.56. The van der Waals surface area contributed by atoms with Gasteiger partial charge >= 0.3 is 32.4 Å². The summed E-state index contributed by atoms with van der Waals surface area (Å²) in [5.74, 6) is -1.14. The number of phosphoric ester groups is 1. The van der Waals surface area contributed by atoms with Crippen LogP contribution >= 0.6 is 7.82 Å². The number of aldehydes is 1. The van der Waals surface area contributed by atoms with E-state index in [4.69, 9.17) is 5.11 Å². The molecule has 0 aliphatic heterocycles. The van der Waals surface area contributed by atoms with E-state index in [1.165, 1.54) is 6.92 Å². The lowest BCUT2D eigenvalue weighted by Gasteiger charge is -2.28. The molecule has 3 rings (SSSR count). The summed E-state index contributed by atoms with van der Waals surface area (Å²) in [4.78, 5) is 44.2. The van der Waals surface area contributed by atoms with Gasteiger partial charge in [-0.2, -0.15) is 0 Å². The number of carbonyl (C=O) groups is 1. The highest BCUT2D eigenvalue weighted by molar-refractivity contribution is 7.90. The Balaban J connectivity index is 2.25. The fourth-order valence-corrected chi connectivity index (χ4v) is 4.63. The van der Waals surface area contributed by atoms with Crippen LogP contribution < -0.4 is 9.79 Å². The number of rotatable bonds is 9. The molecule has 2 aliphatic carbocycles. The molecule has 2 aliphatic rings. The van der Waals surface area contributed by atoms with Crippen LogP contribution in [0.2, 0.25) is 0 Å². The average Bonchev–Trinajstić information content (AvgIpc) is 2.80. The molecule has 0 saturated carbocycles. The number of pyridine rings is 1. The third-order valence-electron chi connectivity index (χ3n) is 4.67. The van der Waals surface area contributed by atoms with Gasteiger partial charge in [-0.05, 0) is 6.92 Å². The Morgan fingerprint density at radius 1 is 1.13 bits per heavy atom. The first-order valence-corrected chi connectivity index (χ1v) is 13.8. The molecule has 0 saturated heterocycles. The highest BCUT2D eigenvalue weighted by Crippen LogP contribution is 2.38. The SMILES string of the molecule is Cc1nc(N=NC2=[C+]C3=C(C=C([N+](=O)[O-])[C+]=C3S(=O)(=O)[O-])C(S(=O)(=O)[O-])=[C+]2)c(COP(=O)([O-])[O-])c(C=O)c1[OH2+]. The summed E-state index contributed by atoms with van der Waals surface area (Å²) >= 11 is 0. The fraction of sp³-hybridized carbons (Fsp3) is 0.111. The zero-order valence-electron chi connectivity index (χ0n) is 18.7. The molecule has 18 nitrogen and oxygen atoms in total. The van der Waals surface area contributed by atoms with Crippen molar-refractivity contribution in [3.8, 4) is 5.75 Å². The van der Waals surface area contributed by atoms with Gasteiger partial charge in [0.15, 0.2) is 28.3 Å². The van der Waals surface area contributed by atoms with E-state index in [9.17, 15) is 55.2 Å². The molecule has 0 aromatic carbocycles. The Morgan fingerprint density at radius 3 is 2.26 bits per heavy atom. The van der Waals surface area contributed by atoms with E-state index < -0.39 is 94.6 Å². The maximum absolute atomic E-state index is 11.9. The quantitative estimate of drug-likeness (QED) is 0.0465. The summed E-state index contributed by atoms with van der Waals surface area (Å²) < 4.78 is 85.8. The van der Waals surface area contributed by atoms with Gasteiger partial charge in [0.1, 0.15) is 16.2 Å². The van der Waals surface area contributed by atoms with Crippen molar-refractivity contribution in [1.29, 1.82) is 0 Å². The standard InChI is InChI=1S/C18H9N4O14PS2/c1-8-17(24)13(6-23)14(7-36-37(27,28)29)18(19-8)21-20-9-2-11-12(15(3-9)38(30,31)32)4-10(22(25)26)5-16(11)39(33,34)35/h4,6H,7H2,1H3,(H2-3,20,23,24,27,28,29,30,31,32,33,34,35). The Labute approximate surface area is 218 Å². The van der Waals surface area contributed by atoms with Gasteiger partial charge < -0.3 is 33.1 Å². The van der Waals surface area contributed by atoms with Crippen LogP contribution in [-0.2, 0) is 35.9 Å². The Morgan fingerprint density at radius 2 is 1.74 bits per heavy atom. The minimum absolute atomic E-state index is 0.0970. The molecular weight excluding hydrogens is 591 g/mol. The molecular formula is C18H9N4O14PS2. The van der Waals surface area contributed by atoms with Crippen molar-refractivity contribution in [1.82, 2.24) is 4.98 Å². The highest BCUT2D eigenvalue weighted by atomic mass is 32.2. The normalized spacial score (nSPS) is 15.7. The molecule has 39 heavy (non-hydrogen) atoms. The predicted octanol–water partition coefficient (Wildman–Crippen LogP) is -1.29. The van der Waals surface area contributed by atoms with Crippen LogP contribution in [0, 0.1) is 35.3 Å². The number of hydrogen-bond acceptors (Lipinski definition) is 16. The van der Waals surface area contributed by atoms with Crippen LogP contribution in [-0.4, -0.2) is 47.2 Å². The van der Waals surface area contributed by atoms with Crippen molar-refractivity contribution < 1.29 is 59.6 Å². The second-order valence-electron chi connectivity index (χ2n) is 7.19. The van der Waals surface area contributed by atoms with E-state index in [0.717, 1.165) is 0 Å². The molecule has 202 valence electrons. The first-order valence-electron chi connectivity index (χ1n) is 9.57. The molecule has 1 heterocycles. The number of hydrogen-bond donors (Lipinski definition) is 0. The Hall–Kier alpha value is -4.02. The fourth-order valence-electron chi connectivity index (χ4n) is 3.05. The number of azo groups is 1. The molecule has 0 radical (unpaired) electrons. The molecule has 0 fully saturated rings. The van der Waals surface area contributed by atoms with Gasteiger partial charge in [0, 0.05) is 5.56 Å². The molecule has 0 bridgehead atoms. The van der Waals surface area contributed by atoms with Crippen molar-refractivity contribution in [3.05, 3.63) is 83.6 Å². The topological polar surface area (TPSA) is 308 Å². The van der Waals surface area contributed by atoms with Crippen molar-refractivity contribution in [2.24, 2.45) is 10.2 Å². The molecule has 0 spiro atoms. The minimum atomic E-state index is -5.60. The summed E-state index contributed by atoms with van der Waals surface area (Å²) in [5.41, 5.74) is -5.11. The minimum Gasteiger partial charge on any atom is -0.790 e. The van der Waals surface area contributed by atoms with E-state index in [2.05, 4.69) is 25.8 Å². The van der Waals surface area contributed by atoms with Crippen LogP contribution in [0.4, 0.5) is 5.82 Å². The lowest BCUT2D eigenvalue weighted by Crippen LogP contribution is -2.18. The number of phosphoric acid groups is 1. The van der Waals surface area contributed by atoms with Crippen LogP contribution in [0.3, 0.4) is 0 Å². The van der Waals surface area contributed by atoms with Gasteiger partial charge in [-0.1, -0.05) is 5.11 Å². The van der Waals surface area contributed by atoms with E-state index in [1.807, 2.05) is 6.08 Å². The lowest BCUT2D eigenvalue weighted by atomic mass is 9.96. The van der Waals surface area contributed by atoms with E-state index in [-0.39, 0.29) is 12.0 Å². The third-order valence-corrected chi connectivity index (χ3v) is 6.74. The summed E-state index contributed by atoms with van der Waals surface area (Å²) in [6.45, 7) is 0.101. The van der Waals surface area contributed by atoms with Gasteiger partial charge in [0.25, 0.3) is 17.9 Å². The molecule has 21 heteroatoms. The van der Waals surface area contributed by atoms with Crippen molar-refractivity contribution in [3.63, 3.8) is 0 Å². The Kier molecular flexibility index (Phi) is 7.78. The molecule has 1 aromatic rings. The van der Waals surface area contributed by atoms with Gasteiger partial charge in [-0.25, -0.2) is 21.8 Å². The van der Waals surface area contributed by atoms with Crippen LogP contribution in [0.5, 0.6) is 5.75 Å². The van der Waals surface area contributed by atoms with Gasteiger partial charge in [0.2, 0.25) is 16.2 Å². The first-order chi connectivity index (χ1) is 17.8. The molecule has 2 N–H and O–H groups in total. The maximum atomic E-state index is 11.9. The van der Waals surface area contributed by atoms with E-state index in [1.54, 1.807) is 6.08 Å². The van der Waals surface area contributed by atoms with Gasteiger partial charge in [-0.3, -0.25) is 14.9 Å². The second-order valence-corrected chi connectivity index (χ2v) is 11.0. The summed E-state index contributed by atoms with van der Waals surface area (Å²) in [6.07, 6.45) is 6.26. The van der Waals surface area contributed by atoms with Crippen molar-refractivity contribution in [2.75, 3.05) is 0 Å². The maximum Gasteiger partial charge on any atom is 0.471 e. The average molecular weight is 600 g/mol. The smallest absolute Gasteiger partial charge is 0.471 e. The summed E-state index contributed by atoms with van der Waals surface area (Å²) in [6, 6.07) is 0. The third kappa shape index (κ3) is 6.52. The van der Waals surface area contributed by atoms with Crippen molar-refractivity contribution >= 4 is 40.2 Å². The van der Waals surface area contributed by atoms with Gasteiger partial charge in [0.05, 0.1) is 14.4 Å². The summed E-state index contributed by atoms with van der Waals surface area (Å²) in [7, 11) is -16.7. The van der Waals surface area contributed by atoms with Crippen LogP contribution in [0.15, 0.2) is 48.7 Å². The Bertz CT molecular complexity index is 1760. The second kappa shape index (κ2) is 10.3. The number of nitro groups is 1. The number of nitrogens with zero attached hydrogens (tertiary/aromatic N) is 4. The van der Waals surface area contributed by atoms with Crippen LogP contribution in [0.25, 0.3) is 0 Å². The zero-order chi connectivity index (χ0) is 29.5. The van der Waals surface area contributed by atoms with Gasteiger partial charge in [-0.15, -0.1) is 5.11 Å². The molecule has 1 aromatic heterocycles. The first kappa shape index (κ1) is 29.5. The van der Waals surface area contributed by atoms with Crippen molar-refractivity contribution in [2.45, 2.75) is 13.5 Å². The number of aromatic nitrogens is 1. The number of allylic oxidation sites excluding steroid dienone is 6. The largest absolute Gasteiger partial charge is 0.790 e. The molecule has 0 amide bonds. The molecule has 0 atom stereocenters. The zero-order valence-corrected chi connectivity index (χ0v) is 21.2. The molecule has 0 unspecified atom stereocenters. The number of carbonyl (C=O) groups excluding carboxylic acids is 1.